The summed E-state index contributed by atoms with van der Waals surface area (Å²) in [4.78, 5) is 19.4. The Kier molecular flexibility index (Phi) is 6.69. The van der Waals surface area contributed by atoms with E-state index in [4.69, 9.17) is 11.6 Å². The first kappa shape index (κ1) is 23.6. The lowest BCUT2D eigenvalue weighted by molar-refractivity contribution is 0.607. The molecule has 0 spiro atoms. The molecule has 0 fully saturated rings. The maximum atomic E-state index is 14.5. The van der Waals surface area contributed by atoms with Gasteiger partial charge in [0.2, 0.25) is 0 Å². The molecule has 0 aliphatic rings. The van der Waals surface area contributed by atoms with Gasteiger partial charge in [0.05, 0.1) is 11.6 Å². The molecule has 0 amide bonds. The van der Waals surface area contributed by atoms with Gasteiger partial charge in [-0.25, -0.2) is 4.39 Å². The summed E-state index contributed by atoms with van der Waals surface area (Å²) in [6.07, 6.45) is 5.84. The standard InChI is InChI=1S/C29H24ClFN4O/c1-19(33-16-23-14-25-26(30)17-34-28(25)15-27(23)31)22-9-10-32-24(13-22)12-20-5-7-21(8-6-20)18-35-11-3-2-4-29(35)36/h2-11,13-15,17,33-34H,1,12,16,18H2. The average molecular weight is 499 g/mol. The Bertz CT molecular complexity index is 1600. The molecule has 180 valence electrons. The fourth-order valence-corrected chi connectivity index (χ4v) is 4.33. The van der Waals surface area contributed by atoms with Crippen LogP contribution in [0, 0.1) is 5.82 Å². The van der Waals surface area contributed by atoms with Crippen LogP contribution in [0.4, 0.5) is 4.39 Å². The Labute approximate surface area is 212 Å². The predicted octanol–water partition coefficient (Wildman–Crippen LogP) is 5.92. The van der Waals surface area contributed by atoms with Crippen LogP contribution in [-0.2, 0) is 19.5 Å². The molecule has 5 aromatic rings. The van der Waals surface area contributed by atoms with Crippen LogP contribution in [0.3, 0.4) is 0 Å². The number of fused-ring (bicyclic) bond motifs is 1. The molecular weight excluding hydrogens is 475 g/mol. The summed E-state index contributed by atoms with van der Waals surface area (Å²) in [6.45, 7) is 4.94. The molecule has 0 atom stereocenters. The van der Waals surface area contributed by atoms with Gasteiger partial charge in [0.25, 0.3) is 5.56 Å². The van der Waals surface area contributed by atoms with E-state index in [9.17, 15) is 9.18 Å². The van der Waals surface area contributed by atoms with Crippen LogP contribution < -0.4 is 10.9 Å². The van der Waals surface area contributed by atoms with Gasteiger partial charge >= 0.3 is 0 Å². The van der Waals surface area contributed by atoms with Crippen molar-refractivity contribution in [3.63, 3.8) is 0 Å². The molecule has 0 saturated heterocycles. The minimum absolute atomic E-state index is 0.0204. The van der Waals surface area contributed by atoms with E-state index in [1.807, 2.05) is 30.3 Å². The maximum Gasteiger partial charge on any atom is 0.250 e. The van der Waals surface area contributed by atoms with E-state index in [1.165, 1.54) is 6.07 Å². The SMILES string of the molecule is C=C(NCc1cc2c(Cl)c[nH]c2cc1F)c1ccnc(Cc2ccc(Cn3ccccc3=O)cc2)c1. The molecule has 36 heavy (non-hydrogen) atoms. The summed E-state index contributed by atoms with van der Waals surface area (Å²) >= 11 is 6.18. The van der Waals surface area contributed by atoms with Crippen LogP contribution in [0.2, 0.25) is 5.02 Å². The van der Waals surface area contributed by atoms with Crippen molar-refractivity contribution < 1.29 is 4.39 Å². The summed E-state index contributed by atoms with van der Waals surface area (Å²) in [5.74, 6) is -0.308. The zero-order valence-electron chi connectivity index (χ0n) is 19.5. The van der Waals surface area contributed by atoms with Crippen molar-refractivity contribution in [2.24, 2.45) is 0 Å². The number of benzene rings is 2. The van der Waals surface area contributed by atoms with Crippen LogP contribution in [0.15, 0.2) is 96.7 Å². The average Bonchev–Trinajstić information content (AvgIpc) is 3.24. The van der Waals surface area contributed by atoms with Crippen molar-refractivity contribution in [1.29, 1.82) is 0 Å². The first-order valence-corrected chi connectivity index (χ1v) is 11.9. The Morgan fingerprint density at radius 3 is 2.69 bits per heavy atom. The molecule has 0 saturated carbocycles. The molecule has 7 heteroatoms. The summed E-state index contributed by atoms with van der Waals surface area (Å²) in [5.41, 5.74) is 5.79. The molecule has 5 nitrogen and oxygen atoms in total. The third kappa shape index (κ3) is 5.24. The topological polar surface area (TPSA) is 62.7 Å². The normalized spacial score (nSPS) is 11.1. The second-order valence-corrected chi connectivity index (χ2v) is 9.06. The molecular formula is C29H24ClFN4O. The number of rotatable bonds is 8. The van der Waals surface area contributed by atoms with Crippen LogP contribution in [-0.4, -0.2) is 14.5 Å². The number of hydrogen-bond donors (Lipinski definition) is 2. The van der Waals surface area contributed by atoms with Crippen LogP contribution in [0.1, 0.15) is 27.9 Å². The highest BCUT2D eigenvalue weighted by molar-refractivity contribution is 6.35. The first-order chi connectivity index (χ1) is 17.5. The summed E-state index contributed by atoms with van der Waals surface area (Å²) < 4.78 is 16.2. The highest BCUT2D eigenvalue weighted by Gasteiger charge is 2.10. The molecule has 0 unspecified atom stereocenters. The summed E-state index contributed by atoms with van der Waals surface area (Å²) in [6, 6.07) is 20.4. The lowest BCUT2D eigenvalue weighted by Gasteiger charge is -2.12. The number of aromatic amines is 1. The zero-order valence-corrected chi connectivity index (χ0v) is 20.2. The predicted molar refractivity (Wildman–Crippen MR) is 142 cm³/mol. The van der Waals surface area contributed by atoms with Gasteiger partial charge < -0.3 is 14.9 Å². The van der Waals surface area contributed by atoms with Gasteiger partial charge in [-0.3, -0.25) is 9.78 Å². The fourth-order valence-electron chi connectivity index (χ4n) is 4.12. The Hall–Kier alpha value is -4.16. The highest BCUT2D eigenvalue weighted by Crippen LogP contribution is 2.26. The number of hydrogen-bond acceptors (Lipinski definition) is 3. The third-order valence-corrected chi connectivity index (χ3v) is 6.43. The number of nitrogens with zero attached hydrogens (tertiary/aromatic N) is 2. The molecule has 3 aromatic heterocycles. The minimum atomic E-state index is -0.308. The highest BCUT2D eigenvalue weighted by atomic mass is 35.5. The fraction of sp³-hybridized carbons (Fsp3) is 0.103. The van der Waals surface area contributed by atoms with Crippen LogP contribution in [0.25, 0.3) is 16.6 Å². The first-order valence-electron chi connectivity index (χ1n) is 11.5. The largest absolute Gasteiger partial charge is 0.381 e. The molecule has 2 aromatic carbocycles. The molecule has 0 radical (unpaired) electrons. The van der Waals surface area contributed by atoms with Gasteiger partial charge in [-0.05, 0) is 41.5 Å². The van der Waals surface area contributed by atoms with Gasteiger partial charge in [-0.2, -0.15) is 0 Å². The monoisotopic (exact) mass is 498 g/mol. The van der Waals surface area contributed by atoms with Crippen LogP contribution >= 0.6 is 11.6 Å². The minimum Gasteiger partial charge on any atom is -0.381 e. The Morgan fingerprint density at radius 2 is 1.89 bits per heavy atom. The maximum absolute atomic E-state index is 14.5. The van der Waals surface area contributed by atoms with Crippen molar-refractivity contribution in [3.05, 3.63) is 141 Å². The van der Waals surface area contributed by atoms with Crippen molar-refractivity contribution >= 4 is 28.2 Å². The van der Waals surface area contributed by atoms with Crippen LogP contribution in [0.5, 0.6) is 0 Å². The van der Waals surface area contributed by atoms with Gasteiger partial charge in [0, 0.05) is 71.0 Å². The van der Waals surface area contributed by atoms with Crippen molar-refractivity contribution in [2.75, 3.05) is 0 Å². The molecule has 3 heterocycles. The number of H-pyrrole nitrogens is 1. The van der Waals surface area contributed by atoms with E-state index in [0.29, 0.717) is 34.8 Å². The zero-order chi connectivity index (χ0) is 25.1. The van der Waals surface area contributed by atoms with E-state index in [2.05, 4.69) is 34.0 Å². The van der Waals surface area contributed by atoms with E-state index in [1.54, 1.807) is 41.4 Å². The molecule has 2 N–H and O–H groups in total. The quantitative estimate of drug-likeness (QED) is 0.279. The number of nitrogens with one attached hydrogen (secondary N) is 2. The lowest BCUT2D eigenvalue weighted by Crippen LogP contribution is -2.18. The van der Waals surface area contributed by atoms with E-state index < -0.39 is 0 Å². The molecule has 0 bridgehead atoms. The smallest absolute Gasteiger partial charge is 0.250 e. The van der Waals surface area contributed by atoms with Gasteiger partial charge in [0.1, 0.15) is 5.82 Å². The lowest BCUT2D eigenvalue weighted by atomic mass is 10.0. The third-order valence-electron chi connectivity index (χ3n) is 6.12. The summed E-state index contributed by atoms with van der Waals surface area (Å²) in [5, 5.41) is 4.56. The molecule has 0 aliphatic heterocycles. The van der Waals surface area contributed by atoms with E-state index in [-0.39, 0.29) is 17.9 Å². The number of aromatic nitrogens is 3. The van der Waals surface area contributed by atoms with E-state index in [0.717, 1.165) is 27.8 Å². The van der Waals surface area contributed by atoms with Gasteiger partial charge in [-0.15, -0.1) is 0 Å². The van der Waals surface area contributed by atoms with E-state index >= 15 is 0 Å². The van der Waals surface area contributed by atoms with Gasteiger partial charge in [0.15, 0.2) is 0 Å². The van der Waals surface area contributed by atoms with Gasteiger partial charge in [-0.1, -0.05) is 48.5 Å². The molecule has 0 aliphatic carbocycles. The van der Waals surface area contributed by atoms with Crippen molar-refractivity contribution in [3.8, 4) is 0 Å². The molecule has 5 rings (SSSR count). The number of pyridine rings is 2. The second kappa shape index (κ2) is 10.2. The van der Waals surface area contributed by atoms with Crippen molar-refractivity contribution in [2.45, 2.75) is 19.5 Å². The Morgan fingerprint density at radius 1 is 1.08 bits per heavy atom. The number of halogens is 2. The summed E-state index contributed by atoms with van der Waals surface area (Å²) in [7, 11) is 0. The van der Waals surface area contributed by atoms with Crippen molar-refractivity contribution in [1.82, 2.24) is 19.9 Å². The second-order valence-electron chi connectivity index (χ2n) is 8.65. The Balaban J connectivity index is 1.23.